The Kier molecular flexibility index (Phi) is 6.09. The van der Waals surface area contributed by atoms with Crippen LogP contribution in [0.4, 0.5) is 5.69 Å². The molecule has 146 valence electrons. The number of aromatic nitrogens is 5. The average molecular weight is 406 g/mol. The Bertz CT molecular complexity index is 1020. The minimum absolute atomic E-state index is 0.122. The summed E-state index contributed by atoms with van der Waals surface area (Å²) >= 11 is 6.01. The van der Waals surface area contributed by atoms with Gasteiger partial charge >= 0.3 is 0 Å². The summed E-state index contributed by atoms with van der Waals surface area (Å²) < 4.78 is 0. The smallest absolute Gasteiger partial charge is 0.199 e. The van der Waals surface area contributed by atoms with Crippen molar-refractivity contribution in [2.24, 2.45) is 0 Å². The summed E-state index contributed by atoms with van der Waals surface area (Å²) in [6.07, 6.45) is 3.15. The van der Waals surface area contributed by atoms with Crippen LogP contribution in [0.2, 0.25) is 5.02 Å². The molecule has 3 N–H and O–H groups in total. The van der Waals surface area contributed by atoms with Gasteiger partial charge in [0, 0.05) is 30.0 Å². The number of hydrogen-bond donors (Lipinski definition) is 3. The van der Waals surface area contributed by atoms with Crippen LogP contribution in [0.5, 0.6) is 0 Å². The van der Waals surface area contributed by atoms with Gasteiger partial charge in [0.25, 0.3) is 0 Å². The molecule has 4 rings (SSSR count). The molecule has 2 aromatic carbocycles. The Morgan fingerprint density at radius 3 is 2.59 bits per heavy atom. The molecule has 0 bridgehead atoms. The number of aromatic amines is 1. The highest BCUT2D eigenvalue weighted by molar-refractivity contribution is 6.30. The molecule has 0 saturated heterocycles. The fourth-order valence-electron chi connectivity index (χ4n) is 2.89. The van der Waals surface area contributed by atoms with Crippen LogP contribution in [-0.2, 0) is 6.54 Å². The van der Waals surface area contributed by atoms with Crippen LogP contribution in [0.25, 0.3) is 11.5 Å². The van der Waals surface area contributed by atoms with E-state index in [1.54, 1.807) is 12.3 Å². The highest BCUT2D eigenvalue weighted by Crippen LogP contribution is 2.20. The van der Waals surface area contributed by atoms with E-state index in [1.807, 2.05) is 42.5 Å². The molecule has 2 aromatic heterocycles. The zero-order valence-corrected chi connectivity index (χ0v) is 16.3. The lowest BCUT2D eigenvalue weighted by atomic mass is 10.2. The molecule has 0 aliphatic rings. The number of nitrogens with one attached hydrogen (secondary N) is 3. The Hall–Kier alpha value is -3.29. The molecule has 0 aliphatic carbocycles. The van der Waals surface area contributed by atoms with Crippen molar-refractivity contribution < 1.29 is 0 Å². The molecular weight excluding hydrogens is 386 g/mol. The first-order chi connectivity index (χ1) is 14.3. The van der Waals surface area contributed by atoms with Crippen LogP contribution in [0.3, 0.4) is 0 Å². The summed E-state index contributed by atoms with van der Waals surface area (Å²) in [5, 5.41) is 15.0. The van der Waals surface area contributed by atoms with Crippen molar-refractivity contribution >= 4 is 17.3 Å². The topological polar surface area (TPSA) is 91.4 Å². The summed E-state index contributed by atoms with van der Waals surface area (Å²) in [6, 6.07) is 19.5. The summed E-state index contributed by atoms with van der Waals surface area (Å²) in [5.74, 6) is 1.25. The van der Waals surface area contributed by atoms with Crippen LogP contribution in [-0.4, -0.2) is 31.7 Å². The molecule has 0 amide bonds. The first-order valence-electron chi connectivity index (χ1n) is 9.23. The molecular formula is C21H20ClN7. The Balaban J connectivity index is 1.51. The standard InChI is InChI=1S/C21H20ClN7/c22-16-6-8-17(9-7-16)26-19(13-24-12-15-4-2-1-3-5-15)21-27-20(28-29-21)18-10-11-23-14-25-18/h1-11,14,19,24,26H,12-13H2,(H,27,28,29). The van der Waals surface area contributed by atoms with E-state index in [-0.39, 0.29) is 6.04 Å². The molecule has 0 spiro atoms. The maximum atomic E-state index is 6.01. The molecule has 4 aromatic rings. The number of hydrogen-bond acceptors (Lipinski definition) is 6. The van der Waals surface area contributed by atoms with Crippen molar-refractivity contribution in [1.29, 1.82) is 0 Å². The number of anilines is 1. The monoisotopic (exact) mass is 405 g/mol. The van der Waals surface area contributed by atoms with Crippen LogP contribution < -0.4 is 10.6 Å². The third kappa shape index (κ3) is 5.16. The first-order valence-corrected chi connectivity index (χ1v) is 9.61. The molecule has 7 nitrogen and oxygen atoms in total. The predicted octanol–water partition coefficient (Wildman–Crippen LogP) is 3.86. The van der Waals surface area contributed by atoms with E-state index < -0.39 is 0 Å². The fourth-order valence-corrected chi connectivity index (χ4v) is 3.01. The van der Waals surface area contributed by atoms with E-state index in [4.69, 9.17) is 11.6 Å². The first kappa shape index (κ1) is 19.0. The number of halogens is 1. The molecule has 0 aliphatic heterocycles. The Morgan fingerprint density at radius 1 is 1.00 bits per heavy atom. The maximum absolute atomic E-state index is 6.01. The van der Waals surface area contributed by atoms with Crippen LogP contribution >= 0.6 is 11.6 Å². The van der Waals surface area contributed by atoms with Gasteiger partial charge in [-0.2, -0.15) is 5.10 Å². The number of H-pyrrole nitrogens is 1. The molecule has 2 heterocycles. The van der Waals surface area contributed by atoms with Crippen LogP contribution in [0.15, 0.2) is 73.2 Å². The van der Waals surface area contributed by atoms with Gasteiger partial charge in [0.1, 0.15) is 17.8 Å². The number of benzene rings is 2. The SMILES string of the molecule is Clc1ccc(NC(CNCc2ccccc2)c2nc(-c3ccncn3)n[nH]2)cc1. The predicted molar refractivity (Wildman–Crippen MR) is 113 cm³/mol. The second-order valence-electron chi connectivity index (χ2n) is 6.46. The molecule has 8 heteroatoms. The minimum Gasteiger partial charge on any atom is -0.374 e. The second-order valence-corrected chi connectivity index (χ2v) is 6.90. The fraction of sp³-hybridized carbons (Fsp3) is 0.143. The zero-order chi connectivity index (χ0) is 19.9. The third-order valence-electron chi connectivity index (χ3n) is 4.35. The maximum Gasteiger partial charge on any atom is 0.199 e. The Morgan fingerprint density at radius 2 is 1.83 bits per heavy atom. The van der Waals surface area contributed by atoms with Gasteiger partial charge in [-0.3, -0.25) is 5.10 Å². The molecule has 1 atom stereocenters. The summed E-state index contributed by atoms with van der Waals surface area (Å²) in [4.78, 5) is 12.8. The molecule has 0 fully saturated rings. The van der Waals surface area contributed by atoms with Gasteiger partial charge in [0.15, 0.2) is 5.82 Å². The number of rotatable bonds is 8. The van der Waals surface area contributed by atoms with Gasteiger partial charge in [-0.05, 0) is 35.9 Å². The van der Waals surface area contributed by atoms with Crippen molar-refractivity contribution in [1.82, 2.24) is 30.5 Å². The highest BCUT2D eigenvalue weighted by Gasteiger charge is 2.17. The molecule has 0 saturated carbocycles. The minimum atomic E-state index is -0.122. The van der Waals surface area contributed by atoms with Crippen molar-refractivity contribution in [3.05, 3.63) is 89.6 Å². The van der Waals surface area contributed by atoms with Crippen molar-refractivity contribution in [3.63, 3.8) is 0 Å². The second kappa shape index (κ2) is 9.27. The summed E-state index contributed by atoms with van der Waals surface area (Å²) in [6.45, 7) is 1.41. The normalized spacial score (nSPS) is 11.9. The lowest BCUT2D eigenvalue weighted by Crippen LogP contribution is -2.27. The lowest BCUT2D eigenvalue weighted by molar-refractivity contribution is 0.602. The highest BCUT2D eigenvalue weighted by atomic mass is 35.5. The van der Waals surface area contributed by atoms with Gasteiger partial charge in [-0.25, -0.2) is 15.0 Å². The van der Waals surface area contributed by atoms with E-state index in [1.165, 1.54) is 11.9 Å². The van der Waals surface area contributed by atoms with E-state index in [0.717, 1.165) is 12.2 Å². The van der Waals surface area contributed by atoms with Gasteiger partial charge in [-0.15, -0.1) is 0 Å². The van der Waals surface area contributed by atoms with Crippen LogP contribution in [0.1, 0.15) is 17.4 Å². The van der Waals surface area contributed by atoms with E-state index >= 15 is 0 Å². The van der Waals surface area contributed by atoms with Gasteiger partial charge < -0.3 is 10.6 Å². The van der Waals surface area contributed by atoms with Gasteiger partial charge in [0.2, 0.25) is 0 Å². The van der Waals surface area contributed by atoms with Crippen molar-refractivity contribution in [2.75, 3.05) is 11.9 Å². The van der Waals surface area contributed by atoms with Crippen LogP contribution in [0, 0.1) is 0 Å². The molecule has 29 heavy (non-hydrogen) atoms. The largest absolute Gasteiger partial charge is 0.374 e. The van der Waals surface area contributed by atoms with Gasteiger partial charge in [0.05, 0.1) is 6.04 Å². The van der Waals surface area contributed by atoms with Crippen molar-refractivity contribution in [3.8, 4) is 11.5 Å². The lowest BCUT2D eigenvalue weighted by Gasteiger charge is -2.18. The quantitative estimate of drug-likeness (QED) is 0.412. The molecule has 1 unspecified atom stereocenters. The van der Waals surface area contributed by atoms with E-state index in [2.05, 4.69) is 47.9 Å². The molecule has 0 radical (unpaired) electrons. The van der Waals surface area contributed by atoms with E-state index in [9.17, 15) is 0 Å². The average Bonchev–Trinajstić information content (AvgIpc) is 3.26. The number of nitrogens with zero attached hydrogens (tertiary/aromatic N) is 4. The zero-order valence-electron chi connectivity index (χ0n) is 15.6. The Labute approximate surface area is 173 Å². The van der Waals surface area contributed by atoms with E-state index in [0.29, 0.717) is 28.9 Å². The third-order valence-corrected chi connectivity index (χ3v) is 4.60. The van der Waals surface area contributed by atoms with Crippen molar-refractivity contribution in [2.45, 2.75) is 12.6 Å². The van der Waals surface area contributed by atoms with Gasteiger partial charge in [-0.1, -0.05) is 41.9 Å². The summed E-state index contributed by atoms with van der Waals surface area (Å²) in [5.41, 5.74) is 2.84. The summed E-state index contributed by atoms with van der Waals surface area (Å²) in [7, 11) is 0.